The number of hydrogen-bond acceptors (Lipinski definition) is 8. The van der Waals surface area contributed by atoms with E-state index in [0.29, 0.717) is 30.2 Å². The highest BCUT2D eigenvalue weighted by Gasteiger charge is 2.20. The molecule has 180 valence electrons. The first-order valence-electron chi connectivity index (χ1n) is 10.5. The van der Waals surface area contributed by atoms with Gasteiger partial charge in [-0.05, 0) is 44.2 Å². The van der Waals surface area contributed by atoms with E-state index >= 15 is 0 Å². The van der Waals surface area contributed by atoms with Gasteiger partial charge in [0.05, 0.1) is 29.4 Å². The summed E-state index contributed by atoms with van der Waals surface area (Å²) in [5.74, 6) is -0.124. The van der Waals surface area contributed by atoms with Gasteiger partial charge in [-0.1, -0.05) is 16.8 Å². The molecule has 1 aliphatic rings. The minimum absolute atomic E-state index is 0.00159. The molecular formula is C22H23ClN4O6S. The third-order valence-electron chi connectivity index (χ3n) is 5.32. The number of aryl methyl sites for hydroxylation is 1. The highest BCUT2D eigenvalue weighted by atomic mass is 35.5. The van der Waals surface area contributed by atoms with Gasteiger partial charge in [-0.15, -0.1) is 0 Å². The number of hydrogen-bond donors (Lipinski definition) is 2. The molecule has 0 atom stereocenters. The van der Waals surface area contributed by atoms with Gasteiger partial charge in [-0.25, -0.2) is 18.1 Å². The maximum absolute atomic E-state index is 12.6. The highest BCUT2D eigenvalue weighted by molar-refractivity contribution is 7.92. The van der Waals surface area contributed by atoms with Crippen LogP contribution in [0.5, 0.6) is 5.88 Å². The summed E-state index contributed by atoms with van der Waals surface area (Å²) in [6, 6.07) is 7.16. The van der Waals surface area contributed by atoms with Crippen LogP contribution in [0.4, 0.5) is 11.6 Å². The first-order valence-corrected chi connectivity index (χ1v) is 12.4. The van der Waals surface area contributed by atoms with Gasteiger partial charge in [-0.2, -0.15) is 0 Å². The summed E-state index contributed by atoms with van der Waals surface area (Å²) in [6.45, 7) is 4.66. The average molecular weight is 507 g/mol. The number of halogens is 1. The Balaban J connectivity index is 1.40. The molecular weight excluding hydrogens is 484 g/mol. The molecule has 12 heteroatoms. The predicted octanol–water partition coefficient (Wildman–Crippen LogP) is 3.95. The number of rotatable bonds is 7. The highest BCUT2D eigenvalue weighted by Crippen LogP contribution is 2.26. The zero-order valence-electron chi connectivity index (χ0n) is 18.5. The van der Waals surface area contributed by atoms with E-state index in [1.807, 2.05) is 0 Å². The van der Waals surface area contributed by atoms with Crippen LogP contribution in [-0.4, -0.2) is 43.8 Å². The van der Waals surface area contributed by atoms with Crippen LogP contribution in [-0.2, 0) is 14.8 Å². The molecule has 1 aliphatic heterocycles. The van der Waals surface area contributed by atoms with Crippen molar-refractivity contribution in [2.24, 2.45) is 0 Å². The molecule has 2 aromatic heterocycles. The number of nitrogens with zero attached hydrogens (tertiary/aromatic N) is 2. The Morgan fingerprint density at radius 3 is 2.50 bits per heavy atom. The van der Waals surface area contributed by atoms with Crippen molar-refractivity contribution in [3.8, 4) is 5.88 Å². The fraction of sp³-hybridized carbons (Fsp3) is 0.318. The van der Waals surface area contributed by atoms with Crippen LogP contribution in [0.3, 0.4) is 0 Å². The Labute approximate surface area is 201 Å². The lowest BCUT2D eigenvalue weighted by Crippen LogP contribution is -2.26. The smallest absolute Gasteiger partial charge is 0.264 e. The molecule has 0 radical (unpaired) electrons. The van der Waals surface area contributed by atoms with Gasteiger partial charge in [0.1, 0.15) is 11.1 Å². The van der Waals surface area contributed by atoms with E-state index in [1.54, 1.807) is 13.8 Å². The van der Waals surface area contributed by atoms with E-state index in [-0.39, 0.29) is 33.3 Å². The molecule has 3 aromatic rings. The Bertz CT molecular complexity index is 1290. The molecule has 2 N–H and O–H groups in total. The number of pyridine rings is 1. The second-order valence-corrected chi connectivity index (χ2v) is 9.84. The first-order chi connectivity index (χ1) is 16.2. The van der Waals surface area contributed by atoms with Crippen LogP contribution in [0, 0.1) is 13.8 Å². The number of carbonyl (C=O) groups excluding carboxylic acids is 1. The number of ether oxygens (including phenoxy) is 2. The van der Waals surface area contributed by atoms with Gasteiger partial charge >= 0.3 is 0 Å². The van der Waals surface area contributed by atoms with Crippen molar-refractivity contribution in [3.63, 3.8) is 0 Å². The molecule has 4 rings (SSSR count). The maximum atomic E-state index is 12.6. The fourth-order valence-corrected chi connectivity index (χ4v) is 4.46. The molecule has 1 aromatic carbocycles. The second kappa shape index (κ2) is 10.00. The summed E-state index contributed by atoms with van der Waals surface area (Å²) in [4.78, 5) is 16.8. The monoisotopic (exact) mass is 506 g/mol. The maximum Gasteiger partial charge on any atom is 0.264 e. The normalized spacial score (nSPS) is 14.6. The molecule has 0 unspecified atom stereocenters. The molecule has 10 nitrogen and oxygen atoms in total. The Morgan fingerprint density at radius 1 is 1.18 bits per heavy atom. The standard InChI is InChI=1S/C22H23ClN4O6S/c1-13-14(2)26-33-21(13)27-34(29,30)18-5-3-16(4-6-18)25-20(28)15-11-19(23)22(24-12-15)32-17-7-9-31-10-8-17/h3-6,11-12,17,27H,7-10H2,1-2H3,(H,25,28). The van der Waals surface area contributed by atoms with Crippen molar-refractivity contribution >= 4 is 39.1 Å². The SMILES string of the molecule is Cc1noc(NS(=O)(=O)c2ccc(NC(=O)c3cnc(OC4CCOCC4)c(Cl)c3)cc2)c1C. The lowest BCUT2D eigenvalue weighted by molar-refractivity contribution is 0.0238. The second-order valence-electron chi connectivity index (χ2n) is 7.75. The first kappa shape index (κ1) is 24.0. The minimum Gasteiger partial charge on any atom is -0.473 e. The molecule has 0 spiro atoms. The van der Waals surface area contributed by atoms with Crippen LogP contribution in [0.15, 0.2) is 45.9 Å². The van der Waals surface area contributed by atoms with Crippen LogP contribution in [0.25, 0.3) is 0 Å². The summed E-state index contributed by atoms with van der Waals surface area (Å²) in [6.07, 6.45) is 2.85. The predicted molar refractivity (Wildman–Crippen MR) is 125 cm³/mol. The van der Waals surface area contributed by atoms with Gasteiger partial charge < -0.3 is 19.3 Å². The van der Waals surface area contributed by atoms with Crippen molar-refractivity contribution < 1.29 is 27.2 Å². The summed E-state index contributed by atoms with van der Waals surface area (Å²) < 4.78 is 43.7. The zero-order chi connectivity index (χ0) is 24.3. The van der Waals surface area contributed by atoms with Crippen molar-refractivity contribution in [2.45, 2.75) is 37.7 Å². The van der Waals surface area contributed by atoms with Crippen molar-refractivity contribution in [2.75, 3.05) is 23.3 Å². The van der Waals surface area contributed by atoms with Crippen molar-refractivity contribution in [3.05, 3.63) is 58.4 Å². The van der Waals surface area contributed by atoms with Crippen LogP contribution < -0.4 is 14.8 Å². The minimum atomic E-state index is -3.89. The molecule has 3 heterocycles. The Hall–Kier alpha value is -3.15. The van der Waals surface area contributed by atoms with Gasteiger partial charge in [0, 0.05) is 30.3 Å². The molecule has 1 fully saturated rings. The number of carbonyl (C=O) groups is 1. The molecule has 0 aliphatic carbocycles. The topological polar surface area (TPSA) is 133 Å². The van der Waals surface area contributed by atoms with Crippen LogP contribution >= 0.6 is 11.6 Å². The Kier molecular flexibility index (Phi) is 7.05. The largest absolute Gasteiger partial charge is 0.473 e. The summed E-state index contributed by atoms with van der Waals surface area (Å²) in [5.41, 5.74) is 1.82. The van der Waals surface area contributed by atoms with E-state index in [1.165, 1.54) is 36.5 Å². The van der Waals surface area contributed by atoms with Gasteiger partial charge in [0.15, 0.2) is 0 Å². The summed E-state index contributed by atoms with van der Waals surface area (Å²) in [5, 5.41) is 6.65. The average Bonchev–Trinajstić information content (AvgIpc) is 3.13. The molecule has 0 bridgehead atoms. The van der Waals surface area contributed by atoms with Crippen molar-refractivity contribution in [1.29, 1.82) is 0 Å². The molecule has 0 saturated carbocycles. The summed E-state index contributed by atoms with van der Waals surface area (Å²) >= 11 is 6.26. The van der Waals surface area contributed by atoms with Gasteiger partial charge in [-0.3, -0.25) is 4.79 Å². The van der Waals surface area contributed by atoms with Crippen molar-refractivity contribution in [1.82, 2.24) is 10.1 Å². The summed E-state index contributed by atoms with van der Waals surface area (Å²) in [7, 11) is -3.89. The molecule has 34 heavy (non-hydrogen) atoms. The third-order valence-corrected chi connectivity index (χ3v) is 6.94. The van der Waals surface area contributed by atoms with Crippen LogP contribution in [0.1, 0.15) is 34.5 Å². The Morgan fingerprint density at radius 2 is 1.88 bits per heavy atom. The van der Waals surface area contributed by atoms with E-state index in [9.17, 15) is 13.2 Å². The van der Waals surface area contributed by atoms with Crippen LogP contribution in [0.2, 0.25) is 5.02 Å². The molecule has 1 amide bonds. The van der Waals surface area contributed by atoms with E-state index < -0.39 is 15.9 Å². The fourth-order valence-electron chi connectivity index (χ4n) is 3.20. The van der Waals surface area contributed by atoms with E-state index in [2.05, 4.69) is 20.2 Å². The van der Waals surface area contributed by atoms with E-state index in [4.69, 9.17) is 25.6 Å². The molecule has 1 saturated heterocycles. The number of benzene rings is 1. The number of sulfonamides is 1. The quantitative estimate of drug-likeness (QED) is 0.492. The third kappa shape index (κ3) is 5.49. The van der Waals surface area contributed by atoms with Gasteiger partial charge in [0.2, 0.25) is 11.8 Å². The van der Waals surface area contributed by atoms with E-state index in [0.717, 1.165) is 12.8 Å². The lowest BCUT2D eigenvalue weighted by Gasteiger charge is -2.23. The number of anilines is 2. The van der Waals surface area contributed by atoms with Gasteiger partial charge in [0.25, 0.3) is 15.9 Å². The zero-order valence-corrected chi connectivity index (χ0v) is 20.1. The number of aromatic nitrogens is 2. The number of nitrogens with one attached hydrogen (secondary N) is 2. The number of amides is 1. The lowest BCUT2D eigenvalue weighted by atomic mass is 10.1.